The highest BCUT2D eigenvalue weighted by atomic mass is 32.1. The molecule has 1 aliphatic rings. The Hall–Kier alpha value is -5.94. The number of aryl methyl sites for hydroxylation is 2. The highest BCUT2D eigenvalue weighted by Crippen LogP contribution is 2.31. The lowest BCUT2D eigenvalue weighted by Gasteiger charge is -2.18. The first-order chi connectivity index (χ1) is 28.4. The van der Waals surface area contributed by atoms with Crippen LogP contribution in [-0.2, 0) is 30.3 Å². The van der Waals surface area contributed by atoms with Gasteiger partial charge in [0.2, 0.25) is 11.8 Å². The Kier molecular flexibility index (Phi) is 16.3. The Balaban J connectivity index is 0.898. The number of phenolic OH excluding ortho intramolecular Hbond substituents is 1. The second kappa shape index (κ2) is 21.7. The van der Waals surface area contributed by atoms with E-state index in [1.54, 1.807) is 11.3 Å². The fraction of sp³-hybridized carbons (Fsp3) is 0.349. The first-order valence-electron chi connectivity index (χ1n) is 19.3. The summed E-state index contributed by atoms with van der Waals surface area (Å²) in [6.45, 7) is 3.64. The number of likely N-dealkylation sites (N-methyl/N-ethyl adjacent to an activating group) is 1. The summed E-state index contributed by atoms with van der Waals surface area (Å²) in [5, 5.41) is 37.7. The molecule has 5 rings (SSSR count). The van der Waals surface area contributed by atoms with Crippen LogP contribution >= 0.6 is 11.3 Å². The quantitative estimate of drug-likeness (QED) is 0.0357. The van der Waals surface area contributed by atoms with Crippen molar-refractivity contribution in [3.8, 4) is 16.2 Å². The van der Waals surface area contributed by atoms with E-state index in [0.717, 1.165) is 51.7 Å². The van der Waals surface area contributed by atoms with Gasteiger partial charge < -0.3 is 46.3 Å². The minimum atomic E-state index is -0.643. The van der Waals surface area contributed by atoms with E-state index in [1.165, 1.54) is 30.1 Å². The molecule has 4 amide bonds. The number of aliphatic hydroxyl groups excluding tert-OH is 1. The van der Waals surface area contributed by atoms with Crippen LogP contribution in [0.15, 0.2) is 78.3 Å². The molecule has 3 aromatic carbocycles. The van der Waals surface area contributed by atoms with E-state index in [0.29, 0.717) is 13.2 Å². The van der Waals surface area contributed by atoms with Crippen LogP contribution in [-0.4, -0.2) is 103 Å². The van der Waals surface area contributed by atoms with E-state index in [4.69, 9.17) is 20.6 Å². The number of ether oxygens (including phenoxy) is 2. The van der Waals surface area contributed by atoms with Crippen LogP contribution in [0.5, 0.6) is 5.75 Å². The highest BCUT2D eigenvalue weighted by molar-refractivity contribution is 7.13. The van der Waals surface area contributed by atoms with Crippen LogP contribution < -0.4 is 21.7 Å². The van der Waals surface area contributed by atoms with E-state index in [-0.39, 0.29) is 74.7 Å². The number of thiazole rings is 1. The van der Waals surface area contributed by atoms with Crippen LogP contribution in [0, 0.1) is 12.3 Å². The number of rotatable bonds is 21. The fourth-order valence-corrected chi connectivity index (χ4v) is 7.27. The molecule has 0 fully saturated rings. The number of nitrogens with one attached hydrogen (secondary N) is 4. The summed E-state index contributed by atoms with van der Waals surface area (Å²) in [6, 6.07) is 18.9. The fourth-order valence-electron chi connectivity index (χ4n) is 6.46. The zero-order valence-electron chi connectivity index (χ0n) is 33.2. The van der Waals surface area contributed by atoms with E-state index < -0.39 is 35.1 Å². The zero-order valence-corrected chi connectivity index (χ0v) is 34.0. The predicted molar refractivity (Wildman–Crippen MR) is 225 cm³/mol. The normalized spacial score (nSPS) is 13.9. The van der Waals surface area contributed by atoms with Gasteiger partial charge in [-0.15, -0.1) is 11.3 Å². The largest absolute Gasteiger partial charge is 0.507 e. The Morgan fingerprint density at radius 1 is 1.00 bits per heavy atom. The van der Waals surface area contributed by atoms with Crippen molar-refractivity contribution in [3.05, 3.63) is 112 Å². The lowest BCUT2D eigenvalue weighted by atomic mass is 10.0. The maximum absolute atomic E-state index is 13.0. The molecule has 1 unspecified atom stereocenters. The van der Waals surface area contributed by atoms with Crippen molar-refractivity contribution in [3.63, 3.8) is 0 Å². The third-order valence-corrected chi connectivity index (χ3v) is 10.7. The summed E-state index contributed by atoms with van der Waals surface area (Å²) in [7, 11) is 1.52. The van der Waals surface area contributed by atoms with E-state index >= 15 is 0 Å². The molecule has 0 saturated carbocycles. The lowest BCUT2D eigenvalue weighted by molar-refractivity contribution is -0.122. The summed E-state index contributed by atoms with van der Waals surface area (Å²) in [5.41, 5.74) is 12.8. The molecule has 0 saturated heterocycles. The van der Waals surface area contributed by atoms with Gasteiger partial charge in [0.1, 0.15) is 17.2 Å². The van der Waals surface area contributed by atoms with Crippen molar-refractivity contribution in [1.82, 2.24) is 25.8 Å². The monoisotopic (exact) mass is 825 g/mol. The number of nitrogens with zero attached hydrogens (tertiary/aromatic N) is 2. The second-order valence-electron chi connectivity index (χ2n) is 14.0. The summed E-state index contributed by atoms with van der Waals surface area (Å²) in [5.74, 6) is -2.40. The van der Waals surface area contributed by atoms with Crippen LogP contribution in [0.3, 0.4) is 0 Å². The van der Waals surface area contributed by atoms with Gasteiger partial charge in [0.15, 0.2) is 0 Å². The summed E-state index contributed by atoms with van der Waals surface area (Å²) in [4.78, 5) is 57.0. The lowest BCUT2D eigenvalue weighted by Crippen LogP contribution is -2.36. The third-order valence-electron chi connectivity index (χ3n) is 9.77. The molecule has 59 heavy (non-hydrogen) atoms. The minimum absolute atomic E-state index is 0.0226. The second-order valence-corrected chi connectivity index (χ2v) is 14.9. The molecule has 1 aromatic heterocycles. The SMILES string of the molecule is Cc1ncsc1-c1ccc([C@@H](N)CC(=O)NCCOCCOCCC(=O)NCCN(C)C(=O)c2ccc(/C(O)=C/C(=N)C(=O)NC3CCc4ccccc43)cc2O)cc1. The van der Waals surface area contributed by atoms with E-state index in [1.807, 2.05) is 61.0 Å². The molecule has 8 N–H and O–H groups in total. The standard InChI is InChI=1S/C43H51N7O8S/c1-27-41(59-26-48-27)30-9-7-29(8-10-30)34(44)25-40(54)47-17-20-58-22-21-57-19-15-39(53)46-16-18-50(2)43(56)33-13-11-31(23-38(33)52)37(51)24-35(45)42(55)49-36-14-12-28-5-3-4-6-32(28)36/h3-11,13,23-24,26,34,36,45,51-52H,12,14-22,25,44H2,1-2H3,(H,46,53)(H,47,54)(H,49,55)/b37-24-,45-35?/t34-,36?/m0/s1. The maximum atomic E-state index is 13.0. The number of aromatic nitrogens is 1. The number of nitrogens with two attached hydrogens (primary N) is 1. The van der Waals surface area contributed by atoms with Crippen molar-refractivity contribution in [2.75, 3.05) is 53.1 Å². The van der Waals surface area contributed by atoms with Gasteiger partial charge in [-0.25, -0.2) is 4.98 Å². The van der Waals surface area contributed by atoms with Crippen LogP contribution in [0.1, 0.15) is 69.7 Å². The number of aromatic hydroxyl groups is 1. The van der Waals surface area contributed by atoms with Crippen molar-refractivity contribution in [1.29, 1.82) is 5.41 Å². The van der Waals surface area contributed by atoms with Crippen LogP contribution in [0.25, 0.3) is 16.2 Å². The molecule has 4 aromatic rings. The molecule has 312 valence electrons. The maximum Gasteiger partial charge on any atom is 0.269 e. The third kappa shape index (κ3) is 12.8. The van der Waals surface area contributed by atoms with Gasteiger partial charge in [-0.3, -0.25) is 24.6 Å². The topological polar surface area (TPSA) is 229 Å². The van der Waals surface area contributed by atoms with Gasteiger partial charge in [0.25, 0.3) is 11.8 Å². The number of phenols is 1. The molecule has 2 atom stereocenters. The predicted octanol–water partition coefficient (Wildman–Crippen LogP) is 4.36. The Morgan fingerprint density at radius 3 is 2.46 bits per heavy atom. The average molecular weight is 826 g/mol. The molecule has 16 heteroatoms. The van der Waals surface area contributed by atoms with Crippen molar-refractivity contribution in [2.24, 2.45) is 5.73 Å². The Morgan fingerprint density at radius 2 is 1.73 bits per heavy atom. The molecule has 0 spiro atoms. The number of amides is 4. The number of hydrogen-bond donors (Lipinski definition) is 7. The molecule has 0 bridgehead atoms. The number of hydrogen-bond acceptors (Lipinski definition) is 12. The van der Waals surface area contributed by atoms with Gasteiger partial charge in [-0.05, 0) is 54.2 Å². The number of benzene rings is 3. The molecular weight excluding hydrogens is 775 g/mol. The van der Waals surface area contributed by atoms with Gasteiger partial charge in [0.05, 0.1) is 54.1 Å². The first-order valence-corrected chi connectivity index (χ1v) is 20.2. The number of aliphatic hydroxyl groups is 1. The first kappa shape index (κ1) is 44.2. The minimum Gasteiger partial charge on any atom is -0.507 e. The van der Waals surface area contributed by atoms with Gasteiger partial charge in [0, 0.05) is 57.2 Å². The summed E-state index contributed by atoms with van der Waals surface area (Å²) >= 11 is 1.58. The Labute approximate surface area is 347 Å². The molecule has 0 radical (unpaired) electrons. The number of carbonyl (C=O) groups is 4. The van der Waals surface area contributed by atoms with Crippen LogP contribution in [0.4, 0.5) is 0 Å². The smallest absolute Gasteiger partial charge is 0.269 e. The zero-order chi connectivity index (χ0) is 42.3. The van der Waals surface area contributed by atoms with E-state index in [2.05, 4.69) is 20.9 Å². The van der Waals surface area contributed by atoms with Crippen molar-refractivity contribution in [2.45, 2.75) is 44.7 Å². The molecule has 1 aliphatic carbocycles. The van der Waals surface area contributed by atoms with Crippen LogP contribution in [0.2, 0.25) is 0 Å². The molecular formula is C43H51N7O8S. The Bertz CT molecular complexity index is 2140. The van der Waals surface area contributed by atoms with Gasteiger partial charge in [-0.1, -0.05) is 54.6 Å². The van der Waals surface area contributed by atoms with E-state index in [9.17, 15) is 29.4 Å². The molecule has 0 aliphatic heterocycles. The highest BCUT2D eigenvalue weighted by Gasteiger charge is 2.25. The van der Waals surface area contributed by atoms with Gasteiger partial charge in [-0.2, -0.15) is 0 Å². The summed E-state index contributed by atoms with van der Waals surface area (Å²) < 4.78 is 11.0. The number of carbonyl (C=O) groups excluding carboxylic acids is 4. The average Bonchev–Trinajstić information content (AvgIpc) is 3.85. The molecule has 1 heterocycles. The summed E-state index contributed by atoms with van der Waals surface area (Å²) in [6.07, 6.45) is 2.80. The van der Waals surface area contributed by atoms with Crippen molar-refractivity contribution >= 4 is 46.4 Å². The molecule has 15 nitrogen and oxygen atoms in total. The number of fused-ring (bicyclic) bond motifs is 1. The van der Waals surface area contributed by atoms with Crippen molar-refractivity contribution < 1.29 is 38.9 Å². The van der Waals surface area contributed by atoms with Gasteiger partial charge >= 0.3 is 0 Å².